The minimum Gasteiger partial charge on any atom is -0.345 e. The third-order valence-electron chi connectivity index (χ3n) is 3.61. The summed E-state index contributed by atoms with van der Waals surface area (Å²) in [5.41, 5.74) is 2.01. The molecule has 0 spiro atoms. The molecule has 2 amide bonds. The van der Waals surface area contributed by atoms with Gasteiger partial charge in [-0.05, 0) is 11.1 Å². The first-order valence-electron chi connectivity index (χ1n) is 6.92. The van der Waals surface area contributed by atoms with Crippen molar-refractivity contribution in [2.45, 2.75) is 6.04 Å². The average Bonchev–Trinajstić information content (AvgIpc) is 2.53. The van der Waals surface area contributed by atoms with Crippen molar-refractivity contribution in [2.24, 2.45) is 0 Å². The molecule has 1 aliphatic rings. The Kier molecular flexibility index (Phi) is 3.69. The lowest BCUT2D eigenvalue weighted by Gasteiger charge is -2.35. The third kappa shape index (κ3) is 2.79. The van der Waals surface area contributed by atoms with Crippen LogP contribution in [0.4, 0.5) is 0 Å². The van der Waals surface area contributed by atoms with E-state index in [1.807, 2.05) is 60.7 Å². The highest BCUT2D eigenvalue weighted by atomic mass is 16.2. The van der Waals surface area contributed by atoms with Crippen LogP contribution in [0.3, 0.4) is 0 Å². The Bertz CT molecular complexity index is 601. The molecule has 0 radical (unpaired) electrons. The zero-order chi connectivity index (χ0) is 14.7. The maximum absolute atomic E-state index is 12.2. The van der Waals surface area contributed by atoms with Crippen molar-refractivity contribution in [3.05, 3.63) is 71.8 Å². The lowest BCUT2D eigenvalue weighted by atomic mass is 9.96. The molecule has 4 nitrogen and oxygen atoms in total. The molecule has 1 fully saturated rings. The molecule has 21 heavy (non-hydrogen) atoms. The number of nitrogens with zero attached hydrogens (tertiary/aromatic N) is 1. The summed E-state index contributed by atoms with van der Waals surface area (Å²) in [6.07, 6.45) is 0. The molecule has 0 unspecified atom stereocenters. The number of piperazine rings is 1. The van der Waals surface area contributed by atoms with Crippen molar-refractivity contribution in [1.29, 1.82) is 0 Å². The second kappa shape index (κ2) is 5.79. The van der Waals surface area contributed by atoms with Gasteiger partial charge in [0.15, 0.2) is 0 Å². The van der Waals surface area contributed by atoms with E-state index < -0.39 is 0 Å². The summed E-state index contributed by atoms with van der Waals surface area (Å²) in [5.74, 6) is -0.182. The predicted molar refractivity (Wildman–Crippen MR) is 79.4 cm³/mol. The van der Waals surface area contributed by atoms with E-state index in [1.54, 1.807) is 4.90 Å². The van der Waals surface area contributed by atoms with E-state index in [1.165, 1.54) is 0 Å². The van der Waals surface area contributed by atoms with E-state index in [0.29, 0.717) is 0 Å². The van der Waals surface area contributed by atoms with Crippen LogP contribution in [0.2, 0.25) is 0 Å². The maximum atomic E-state index is 12.2. The molecule has 106 valence electrons. The zero-order valence-corrected chi connectivity index (χ0v) is 11.5. The molecule has 0 atom stereocenters. The van der Waals surface area contributed by atoms with Crippen LogP contribution in [-0.2, 0) is 9.59 Å². The van der Waals surface area contributed by atoms with Crippen LogP contribution in [0.25, 0.3) is 0 Å². The van der Waals surface area contributed by atoms with Crippen LogP contribution in [-0.4, -0.2) is 29.8 Å². The highest BCUT2D eigenvalue weighted by Crippen LogP contribution is 2.29. The van der Waals surface area contributed by atoms with Crippen molar-refractivity contribution in [3.8, 4) is 0 Å². The molecule has 1 N–H and O–H groups in total. The molecule has 1 heterocycles. The largest absolute Gasteiger partial charge is 0.345 e. The number of nitrogens with one attached hydrogen (secondary N) is 1. The molecule has 2 aromatic carbocycles. The van der Waals surface area contributed by atoms with Crippen LogP contribution < -0.4 is 5.32 Å². The molecular weight excluding hydrogens is 264 g/mol. The fourth-order valence-electron chi connectivity index (χ4n) is 2.63. The van der Waals surface area contributed by atoms with Gasteiger partial charge in [-0.15, -0.1) is 0 Å². The van der Waals surface area contributed by atoms with Crippen molar-refractivity contribution in [2.75, 3.05) is 13.1 Å². The van der Waals surface area contributed by atoms with E-state index >= 15 is 0 Å². The number of hydrogen-bond donors (Lipinski definition) is 1. The lowest BCUT2D eigenvalue weighted by Crippen LogP contribution is -2.52. The molecule has 3 rings (SSSR count). The molecule has 0 aliphatic carbocycles. The lowest BCUT2D eigenvalue weighted by molar-refractivity contribution is -0.142. The van der Waals surface area contributed by atoms with Gasteiger partial charge in [0.2, 0.25) is 11.8 Å². The molecule has 1 saturated heterocycles. The molecule has 2 aromatic rings. The summed E-state index contributed by atoms with van der Waals surface area (Å²) in [6, 6.07) is 19.4. The van der Waals surface area contributed by atoms with Gasteiger partial charge in [0.1, 0.15) is 6.54 Å². The van der Waals surface area contributed by atoms with Crippen LogP contribution in [0.15, 0.2) is 60.7 Å². The minimum atomic E-state index is -0.231. The fourth-order valence-corrected chi connectivity index (χ4v) is 2.63. The number of benzene rings is 2. The third-order valence-corrected chi connectivity index (χ3v) is 3.61. The summed E-state index contributed by atoms with van der Waals surface area (Å²) < 4.78 is 0. The Labute approximate surface area is 123 Å². The second-order valence-electron chi connectivity index (χ2n) is 5.02. The van der Waals surface area contributed by atoms with Crippen molar-refractivity contribution < 1.29 is 9.59 Å². The number of carbonyl (C=O) groups excluding carboxylic acids is 2. The Morgan fingerprint density at radius 2 is 1.38 bits per heavy atom. The van der Waals surface area contributed by atoms with Crippen LogP contribution in [0.1, 0.15) is 17.2 Å². The Morgan fingerprint density at radius 3 is 1.90 bits per heavy atom. The molecule has 0 aromatic heterocycles. The highest BCUT2D eigenvalue weighted by molar-refractivity contribution is 5.92. The van der Waals surface area contributed by atoms with E-state index in [9.17, 15) is 9.59 Å². The van der Waals surface area contributed by atoms with Gasteiger partial charge >= 0.3 is 0 Å². The average molecular weight is 280 g/mol. The summed E-state index contributed by atoms with van der Waals surface area (Å²) in [4.78, 5) is 25.6. The standard InChI is InChI=1S/C17H16N2O2/c20-15-12-19(16(21)11-18-15)17(13-7-3-1-4-8-13)14-9-5-2-6-10-14/h1-10,17H,11-12H2,(H,18,20). The van der Waals surface area contributed by atoms with E-state index in [4.69, 9.17) is 0 Å². The highest BCUT2D eigenvalue weighted by Gasteiger charge is 2.31. The van der Waals surface area contributed by atoms with Crippen LogP contribution in [0.5, 0.6) is 0 Å². The van der Waals surface area contributed by atoms with Gasteiger partial charge < -0.3 is 10.2 Å². The van der Waals surface area contributed by atoms with Crippen molar-refractivity contribution >= 4 is 11.8 Å². The first-order chi connectivity index (χ1) is 10.3. The monoisotopic (exact) mass is 280 g/mol. The van der Waals surface area contributed by atoms with Gasteiger partial charge in [-0.3, -0.25) is 9.59 Å². The van der Waals surface area contributed by atoms with E-state index in [0.717, 1.165) is 11.1 Å². The summed E-state index contributed by atoms with van der Waals surface area (Å²) in [6.45, 7) is 0.155. The van der Waals surface area contributed by atoms with Gasteiger partial charge in [0, 0.05) is 0 Å². The predicted octanol–water partition coefficient (Wildman–Crippen LogP) is 1.73. The molecule has 0 saturated carbocycles. The van der Waals surface area contributed by atoms with Crippen molar-refractivity contribution in [3.63, 3.8) is 0 Å². The van der Waals surface area contributed by atoms with Crippen molar-refractivity contribution in [1.82, 2.24) is 10.2 Å². The minimum absolute atomic E-state index is 0.0627. The number of amides is 2. The topological polar surface area (TPSA) is 49.4 Å². The normalized spacial score (nSPS) is 15.2. The van der Waals surface area contributed by atoms with Gasteiger partial charge in [-0.2, -0.15) is 0 Å². The summed E-state index contributed by atoms with van der Waals surface area (Å²) >= 11 is 0. The molecule has 1 aliphatic heterocycles. The number of carbonyl (C=O) groups is 2. The van der Waals surface area contributed by atoms with E-state index in [-0.39, 0.29) is 30.9 Å². The van der Waals surface area contributed by atoms with Crippen LogP contribution in [0, 0.1) is 0 Å². The summed E-state index contributed by atoms with van der Waals surface area (Å²) in [5, 5.41) is 2.59. The zero-order valence-electron chi connectivity index (χ0n) is 11.5. The fraction of sp³-hybridized carbons (Fsp3) is 0.176. The van der Waals surface area contributed by atoms with Gasteiger partial charge in [0.05, 0.1) is 12.6 Å². The first kappa shape index (κ1) is 13.4. The molecule has 4 heteroatoms. The van der Waals surface area contributed by atoms with E-state index in [2.05, 4.69) is 5.32 Å². The second-order valence-corrected chi connectivity index (χ2v) is 5.02. The van der Waals surface area contributed by atoms with Gasteiger partial charge in [-0.25, -0.2) is 0 Å². The molecule has 0 bridgehead atoms. The smallest absolute Gasteiger partial charge is 0.243 e. The maximum Gasteiger partial charge on any atom is 0.243 e. The Morgan fingerprint density at radius 1 is 0.857 bits per heavy atom. The first-order valence-corrected chi connectivity index (χ1v) is 6.92. The van der Waals surface area contributed by atoms with Crippen LogP contribution >= 0.6 is 0 Å². The number of hydrogen-bond acceptors (Lipinski definition) is 2. The van der Waals surface area contributed by atoms with Gasteiger partial charge in [-0.1, -0.05) is 60.7 Å². The Hall–Kier alpha value is -2.62. The SMILES string of the molecule is O=C1CN(C(c2ccccc2)c2ccccc2)C(=O)CN1. The quantitative estimate of drug-likeness (QED) is 0.931. The summed E-state index contributed by atoms with van der Waals surface area (Å²) in [7, 11) is 0. The Balaban J connectivity index is 2.04. The number of rotatable bonds is 3. The van der Waals surface area contributed by atoms with Gasteiger partial charge in [0.25, 0.3) is 0 Å². The molecular formula is C17H16N2O2.